The molecule has 10 heteroatoms. The van der Waals surface area contributed by atoms with Gasteiger partial charge in [0, 0.05) is 74.0 Å². The number of hydrogen-bond acceptors (Lipinski definition) is 6. The zero-order valence-electron chi connectivity index (χ0n) is 53.4. The van der Waals surface area contributed by atoms with Gasteiger partial charge < -0.3 is 4.42 Å². The Balaban J connectivity index is 0.000000128. The number of hydrogen-bond donors (Lipinski definition) is 0. The van der Waals surface area contributed by atoms with Crippen LogP contribution in [0.3, 0.4) is 0 Å². The van der Waals surface area contributed by atoms with Gasteiger partial charge in [-0.25, -0.2) is 19.9 Å². The van der Waals surface area contributed by atoms with Gasteiger partial charge in [-0.1, -0.05) is 200 Å². The number of imidazole rings is 2. The van der Waals surface area contributed by atoms with E-state index in [4.69, 9.17) is 24.4 Å². The van der Waals surface area contributed by atoms with E-state index in [0.29, 0.717) is 0 Å². The van der Waals surface area contributed by atoms with Gasteiger partial charge in [-0.05, 0) is 159 Å². The van der Waals surface area contributed by atoms with Crippen LogP contribution in [0.25, 0.3) is 208 Å². The summed E-state index contributed by atoms with van der Waals surface area (Å²) in [7, 11) is 0. The molecule has 8 heterocycles. The number of rotatable bonds is 5. The van der Waals surface area contributed by atoms with Crippen LogP contribution >= 0.6 is 11.3 Å². The second-order valence-corrected chi connectivity index (χ2v) is 27.1. The maximum atomic E-state index is 6.18. The number of thiophene rings is 1. The molecule has 15 aromatic carbocycles. The van der Waals surface area contributed by atoms with Crippen molar-refractivity contribution in [2.24, 2.45) is 0 Å². The first-order valence-electron chi connectivity index (χ1n) is 33.8. The number of aromatic nitrogens is 8. The Morgan fingerprint density at radius 1 is 0.240 bits per heavy atom. The van der Waals surface area contributed by atoms with Gasteiger partial charge >= 0.3 is 0 Å². The molecule has 23 aromatic rings. The Hall–Kier alpha value is -13.3. The number of para-hydroxylation sites is 9. The van der Waals surface area contributed by atoms with Crippen LogP contribution in [0.2, 0.25) is 0 Å². The first kappa shape index (κ1) is 54.9. The van der Waals surface area contributed by atoms with Crippen LogP contribution in [-0.2, 0) is 0 Å². The van der Waals surface area contributed by atoms with Crippen molar-refractivity contribution in [2.45, 2.75) is 0 Å². The lowest BCUT2D eigenvalue weighted by atomic mass is 9.94. The second kappa shape index (κ2) is 21.1. The molecule has 0 aliphatic carbocycles. The molecular weight excluding hydrogens is 1240 g/mol. The number of benzene rings is 15. The van der Waals surface area contributed by atoms with Crippen LogP contribution in [0.4, 0.5) is 0 Å². The monoisotopic (exact) mass is 1290 g/mol. The van der Waals surface area contributed by atoms with Crippen molar-refractivity contribution >= 4 is 174 Å². The van der Waals surface area contributed by atoms with Crippen molar-refractivity contribution in [1.82, 2.24) is 37.9 Å². The van der Waals surface area contributed by atoms with Gasteiger partial charge in [-0.15, -0.1) is 11.3 Å². The summed E-state index contributed by atoms with van der Waals surface area (Å²) in [5.74, 6) is 1.65. The summed E-state index contributed by atoms with van der Waals surface area (Å²) in [6.07, 6.45) is 0. The Morgan fingerprint density at radius 2 is 0.630 bits per heavy atom. The fourth-order valence-corrected chi connectivity index (χ4v) is 17.2. The molecule has 0 radical (unpaired) electrons. The molecule has 0 saturated heterocycles. The van der Waals surface area contributed by atoms with Crippen LogP contribution in [0.15, 0.2) is 320 Å². The fraction of sp³-hybridized carbons (Fsp3) is 0. The Labute approximate surface area is 573 Å². The average Bonchev–Trinajstić information content (AvgIpc) is 1.54. The van der Waals surface area contributed by atoms with E-state index in [1.54, 1.807) is 0 Å². The molecule has 464 valence electrons. The highest BCUT2D eigenvalue weighted by Crippen LogP contribution is 2.47. The number of fused-ring (bicyclic) bond motifs is 26. The topological polar surface area (TPSA) is 83.4 Å². The Kier molecular flexibility index (Phi) is 11.6. The summed E-state index contributed by atoms with van der Waals surface area (Å²) in [6.45, 7) is 0. The van der Waals surface area contributed by atoms with Gasteiger partial charge in [0.05, 0.1) is 55.2 Å². The third-order valence-corrected chi connectivity index (χ3v) is 21.7. The second-order valence-electron chi connectivity index (χ2n) is 26.0. The first-order valence-corrected chi connectivity index (χ1v) is 34.6. The van der Waals surface area contributed by atoms with E-state index in [-0.39, 0.29) is 0 Å². The first-order chi connectivity index (χ1) is 49.6. The highest BCUT2D eigenvalue weighted by Gasteiger charge is 2.26. The average molecular weight is 1290 g/mol. The lowest BCUT2D eigenvalue weighted by Crippen LogP contribution is -2.06. The van der Waals surface area contributed by atoms with Crippen molar-refractivity contribution in [1.29, 1.82) is 0 Å². The van der Waals surface area contributed by atoms with E-state index in [1.165, 1.54) is 91.1 Å². The van der Waals surface area contributed by atoms with Gasteiger partial charge in [0.1, 0.15) is 22.5 Å². The maximum absolute atomic E-state index is 6.18. The number of furan rings is 1. The molecule has 100 heavy (non-hydrogen) atoms. The third-order valence-electron chi connectivity index (χ3n) is 20.6. The van der Waals surface area contributed by atoms with Crippen LogP contribution in [0, 0.1) is 0 Å². The van der Waals surface area contributed by atoms with Crippen LogP contribution in [0.1, 0.15) is 0 Å². The van der Waals surface area contributed by atoms with Crippen LogP contribution < -0.4 is 0 Å². The summed E-state index contributed by atoms with van der Waals surface area (Å²) >= 11 is 1.86. The Bertz CT molecular complexity index is 7430. The zero-order chi connectivity index (χ0) is 65.3. The normalized spacial score (nSPS) is 12.2. The molecule has 8 aromatic heterocycles. The van der Waals surface area contributed by atoms with Crippen molar-refractivity contribution < 1.29 is 4.42 Å². The Morgan fingerprint density at radius 3 is 1.17 bits per heavy atom. The minimum Gasteiger partial charge on any atom is -0.456 e. The van der Waals surface area contributed by atoms with Gasteiger partial charge in [-0.3, -0.25) is 17.9 Å². The summed E-state index contributed by atoms with van der Waals surface area (Å²) in [5.41, 5.74) is 21.2. The lowest BCUT2D eigenvalue weighted by molar-refractivity contribution is 0.669. The third kappa shape index (κ3) is 7.98. The molecule has 0 fully saturated rings. The predicted octanol–water partition coefficient (Wildman–Crippen LogP) is 23.8. The molecule has 0 amide bonds. The molecule has 0 bridgehead atoms. The molecule has 0 aliphatic heterocycles. The van der Waals surface area contributed by atoms with Gasteiger partial charge in [0.2, 0.25) is 11.9 Å². The molecule has 0 unspecified atom stereocenters. The predicted molar refractivity (Wildman–Crippen MR) is 416 cm³/mol. The molecule has 0 N–H and O–H groups in total. The minimum absolute atomic E-state index is 0.822. The summed E-state index contributed by atoms with van der Waals surface area (Å²) in [5, 5.41) is 16.4. The highest BCUT2D eigenvalue weighted by molar-refractivity contribution is 7.25. The summed E-state index contributed by atoms with van der Waals surface area (Å²) in [4.78, 5) is 21.1. The molecular formula is C90H52N8OS. The number of nitrogens with zero attached hydrogens (tertiary/aromatic N) is 8. The molecule has 9 nitrogen and oxygen atoms in total. The van der Waals surface area contributed by atoms with Crippen molar-refractivity contribution in [3.63, 3.8) is 0 Å². The smallest absolute Gasteiger partial charge is 0.221 e. The van der Waals surface area contributed by atoms with E-state index in [9.17, 15) is 0 Å². The molecule has 0 atom stereocenters. The van der Waals surface area contributed by atoms with E-state index in [2.05, 4.69) is 309 Å². The van der Waals surface area contributed by atoms with E-state index in [0.717, 1.165) is 117 Å². The van der Waals surface area contributed by atoms with Crippen LogP contribution in [-0.4, -0.2) is 37.9 Å². The van der Waals surface area contributed by atoms with E-state index >= 15 is 0 Å². The zero-order valence-corrected chi connectivity index (χ0v) is 54.2. The molecule has 0 spiro atoms. The van der Waals surface area contributed by atoms with Crippen LogP contribution in [0.5, 0.6) is 0 Å². The molecule has 23 rings (SSSR count). The molecule has 0 saturated carbocycles. The van der Waals surface area contributed by atoms with E-state index < -0.39 is 0 Å². The molecule has 0 aliphatic rings. The van der Waals surface area contributed by atoms with E-state index in [1.807, 2.05) is 35.6 Å². The highest BCUT2D eigenvalue weighted by atomic mass is 32.1. The van der Waals surface area contributed by atoms with Gasteiger partial charge in [0.25, 0.3) is 0 Å². The lowest BCUT2D eigenvalue weighted by Gasteiger charge is -2.15. The SMILES string of the molecule is c1ccc(-c2ccc3sc4ccc(-c5cc6c7ccccc7n(-c7nc8ccccc8c8nc9ccccc9n78)c6c6ccccc56)cc4c3c2)cc1.c1ccc2c(c1)nc(-n1c3ccccc3c3cc(-c4ccc5oc6ccccc6c5c4)c4ccccc4c31)n1c3ccccc3nc21. The van der Waals surface area contributed by atoms with Crippen molar-refractivity contribution in [3.8, 4) is 45.3 Å². The summed E-state index contributed by atoms with van der Waals surface area (Å²) in [6, 6.07) is 113. The standard InChI is InChI=1S/C48H28N4S.C42H24N4O/c1-2-12-29(13-3-1)30-22-24-44-37(26-30)38-27-31(23-25-45(38)53-44)36-28-39-33-15-7-10-20-42(33)51(46(39)34-16-5-4-14-32(34)36)48-50-40-18-8-6-17-35(40)47-49-41-19-9-11-21-43(41)52(47)48;1-2-14-29-26(11-1)31(25-21-22-39-32(23-25)28-13-5-10-20-38(28)47-39)24-33-27-12-4-8-18-36(27)45(40(29)33)42-44-34-16-6-3-15-30(34)41-43-35-17-7-9-19-37(35)46(41)42/h1-28H;1-24H. The quantitative estimate of drug-likeness (QED) is 0.171. The largest absolute Gasteiger partial charge is 0.456 e. The van der Waals surface area contributed by atoms with Crippen molar-refractivity contribution in [2.75, 3.05) is 0 Å². The van der Waals surface area contributed by atoms with Gasteiger partial charge in [-0.2, -0.15) is 0 Å². The fourth-order valence-electron chi connectivity index (χ4n) is 16.1. The van der Waals surface area contributed by atoms with Crippen molar-refractivity contribution in [3.05, 3.63) is 315 Å². The summed E-state index contributed by atoms with van der Waals surface area (Å²) < 4.78 is 18.0. The van der Waals surface area contributed by atoms with Gasteiger partial charge in [0.15, 0.2) is 0 Å². The maximum Gasteiger partial charge on any atom is 0.221 e. The minimum atomic E-state index is 0.822.